The molecule has 0 saturated heterocycles. The molecule has 0 heterocycles. The fraction of sp³-hybridized carbons (Fsp3) is 0.0769. The van der Waals surface area contributed by atoms with Crippen LogP contribution in [0.15, 0.2) is 42.5 Å². The molecule has 2 aromatic carbocycles. The Balaban J connectivity index is 2.04. The minimum absolute atomic E-state index is 0.0129. The lowest BCUT2D eigenvalue weighted by atomic mass is 10.2. The zero-order chi connectivity index (χ0) is 12.3. The van der Waals surface area contributed by atoms with Crippen molar-refractivity contribution >= 4 is 11.6 Å². The van der Waals surface area contributed by atoms with Crippen LogP contribution in [0, 0.1) is 0 Å². The van der Waals surface area contributed by atoms with Gasteiger partial charge in [-0.1, -0.05) is 11.6 Å². The van der Waals surface area contributed by atoms with Crippen LogP contribution in [-0.4, -0.2) is 10.2 Å². The molecule has 2 N–H and O–H groups in total. The maximum absolute atomic E-state index is 9.55. The lowest BCUT2D eigenvalue weighted by Gasteiger charge is -2.08. The minimum atomic E-state index is 0.0129. The van der Waals surface area contributed by atoms with Gasteiger partial charge in [0, 0.05) is 16.7 Å². The summed E-state index contributed by atoms with van der Waals surface area (Å²) >= 11 is 5.75. The standard InChI is InChI=1S/C13H11ClO3/c14-10-2-5-12(6-3-10)17-8-9-1-4-11(15)7-13(9)16/h1-7,15-16H,8H2. The Kier molecular flexibility index (Phi) is 3.40. The van der Waals surface area contributed by atoms with E-state index < -0.39 is 0 Å². The fourth-order valence-corrected chi connectivity index (χ4v) is 1.49. The van der Waals surface area contributed by atoms with Crippen molar-refractivity contribution in [1.29, 1.82) is 0 Å². The third-order valence-corrected chi connectivity index (χ3v) is 2.53. The number of halogens is 1. The number of phenolic OH excluding ortho intramolecular Hbond substituents is 2. The van der Waals surface area contributed by atoms with Crippen LogP contribution in [0.4, 0.5) is 0 Å². The third kappa shape index (κ3) is 3.04. The van der Waals surface area contributed by atoms with Gasteiger partial charge in [0.1, 0.15) is 23.9 Å². The second-order valence-electron chi connectivity index (χ2n) is 3.56. The molecule has 0 aliphatic heterocycles. The topological polar surface area (TPSA) is 49.7 Å². The monoisotopic (exact) mass is 250 g/mol. The molecular formula is C13H11ClO3. The molecule has 0 aromatic heterocycles. The summed E-state index contributed by atoms with van der Waals surface area (Å²) in [6, 6.07) is 11.3. The molecule has 17 heavy (non-hydrogen) atoms. The molecule has 2 aromatic rings. The van der Waals surface area contributed by atoms with Gasteiger partial charge in [-0.05, 0) is 36.4 Å². The zero-order valence-electron chi connectivity index (χ0n) is 8.93. The van der Waals surface area contributed by atoms with Crippen LogP contribution < -0.4 is 4.74 Å². The van der Waals surface area contributed by atoms with Crippen LogP contribution in [0.25, 0.3) is 0 Å². The van der Waals surface area contributed by atoms with Gasteiger partial charge < -0.3 is 14.9 Å². The van der Waals surface area contributed by atoms with E-state index in [1.54, 1.807) is 30.3 Å². The Hall–Kier alpha value is -1.87. The Morgan fingerprint density at radius 1 is 1.00 bits per heavy atom. The summed E-state index contributed by atoms with van der Waals surface area (Å²) in [6.07, 6.45) is 0. The van der Waals surface area contributed by atoms with E-state index in [1.807, 2.05) is 0 Å². The molecule has 0 amide bonds. The van der Waals surface area contributed by atoms with Gasteiger partial charge in [0.25, 0.3) is 0 Å². The number of rotatable bonds is 3. The molecule has 0 fully saturated rings. The van der Waals surface area contributed by atoms with Crippen LogP contribution in [-0.2, 0) is 6.61 Å². The summed E-state index contributed by atoms with van der Waals surface area (Å²) in [6.45, 7) is 0.230. The molecule has 0 aliphatic rings. The molecular weight excluding hydrogens is 240 g/mol. The van der Waals surface area contributed by atoms with Crippen molar-refractivity contribution in [2.24, 2.45) is 0 Å². The van der Waals surface area contributed by atoms with E-state index in [-0.39, 0.29) is 18.1 Å². The predicted octanol–water partition coefficient (Wildman–Crippen LogP) is 3.33. The van der Waals surface area contributed by atoms with Crippen LogP contribution in [0.2, 0.25) is 5.02 Å². The van der Waals surface area contributed by atoms with Crippen LogP contribution >= 0.6 is 11.6 Å². The Labute approximate surface area is 104 Å². The normalized spacial score (nSPS) is 10.2. The number of hydrogen-bond acceptors (Lipinski definition) is 3. The highest BCUT2D eigenvalue weighted by molar-refractivity contribution is 6.30. The first-order valence-electron chi connectivity index (χ1n) is 5.04. The van der Waals surface area contributed by atoms with Crippen molar-refractivity contribution in [3.05, 3.63) is 53.1 Å². The summed E-state index contributed by atoms with van der Waals surface area (Å²) in [7, 11) is 0. The second-order valence-corrected chi connectivity index (χ2v) is 3.99. The van der Waals surface area contributed by atoms with Crippen LogP contribution in [0.1, 0.15) is 5.56 Å². The van der Waals surface area contributed by atoms with E-state index in [0.29, 0.717) is 16.3 Å². The molecule has 0 saturated carbocycles. The highest BCUT2D eigenvalue weighted by atomic mass is 35.5. The van der Waals surface area contributed by atoms with Crippen molar-refractivity contribution in [3.8, 4) is 17.2 Å². The van der Waals surface area contributed by atoms with E-state index in [4.69, 9.17) is 21.4 Å². The van der Waals surface area contributed by atoms with Crippen molar-refractivity contribution in [2.75, 3.05) is 0 Å². The van der Waals surface area contributed by atoms with Crippen LogP contribution in [0.5, 0.6) is 17.2 Å². The fourth-order valence-electron chi connectivity index (χ4n) is 1.37. The van der Waals surface area contributed by atoms with E-state index >= 15 is 0 Å². The number of hydrogen-bond donors (Lipinski definition) is 2. The minimum Gasteiger partial charge on any atom is -0.508 e. The summed E-state index contributed by atoms with van der Waals surface area (Å²) in [4.78, 5) is 0. The van der Waals surface area contributed by atoms with Crippen LogP contribution in [0.3, 0.4) is 0 Å². The van der Waals surface area contributed by atoms with E-state index in [0.717, 1.165) is 0 Å². The van der Waals surface area contributed by atoms with E-state index in [9.17, 15) is 5.11 Å². The predicted molar refractivity (Wildman–Crippen MR) is 65.6 cm³/mol. The molecule has 0 bridgehead atoms. The average molecular weight is 251 g/mol. The molecule has 0 atom stereocenters. The summed E-state index contributed by atoms with van der Waals surface area (Å²) in [5, 5.41) is 19.3. The van der Waals surface area contributed by atoms with Crippen molar-refractivity contribution in [2.45, 2.75) is 6.61 Å². The lowest BCUT2D eigenvalue weighted by molar-refractivity contribution is 0.298. The average Bonchev–Trinajstić information content (AvgIpc) is 2.30. The van der Waals surface area contributed by atoms with Crippen molar-refractivity contribution in [1.82, 2.24) is 0 Å². The Morgan fingerprint density at radius 3 is 2.35 bits per heavy atom. The van der Waals surface area contributed by atoms with Crippen molar-refractivity contribution < 1.29 is 14.9 Å². The lowest BCUT2D eigenvalue weighted by Crippen LogP contribution is -1.95. The van der Waals surface area contributed by atoms with Gasteiger partial charge in [0.2, 0.25) is 0 Å². The summed E-state index contributed by atoms with van der Waals surface area (Å²) in [5.41, 5.74) is 0.609. The van der Waals surface area contributed by atoms with Gasteiger partial charge in [0.05, 0.1) is 0 Å². The van der Waals surface area contributed by atoms with Gasteiger partial charge >= 0.3 is 0 Å². The summed E-state index contributed by atoms with van der Waals surface area (Å²) < 4.78 is 5.47. The molecule has 4 heteroatoms. The first-order valence-corrected chi connectivity index (χ1v) is 5.42. The SMILES string of the molecule is Oc1ccc(COc2ccc(Cl)cc2)c(O)c1. The van der Waals surface area contributed by atoms with E-state index in [2.05, 4.69) is 0 Å². The largest absolute Gasteiger partial charge is 0.508 e. The van der Waals surface area contributed by atoms with Crippen molar-refractivity contribution in [3.63, 3.8) is 0 Å². The van der Waals surface area contributed by atoms with E-state index in [1.165, 1.54) is 12.1 Å². The highest BCUT2D eigenvalue weighted by Crippen LogP contribution is 2.24. The molecule has 2 rings (SSSR count). The van der Waals surface area contributed by atoms with Gasteiger partial charge in [-0.2, -0.15) is 0 Å². The molecule has 0 radical (unpaired) electrons. The van der Waals surface area contributed by atoms with Gasteiger partial charge in [-0.25, -0.2) is 0 Å². The molecule has 3 nitrogen and oxygen atoms in total. The second kappa shape index (κ2) is 4.97. The Bertz CT molecular complexity index is 509. The number of benzene rings is 2. The Morgan fingerprint density at radius 2 is 1.71 bits per heavy atom. The molecule has 88 valence electrons. The molecule has 0 spiro atoms. The first-order chi connectivity index (χ1) is 8.15. The number of phenols is 2. The zero-order valence-corrected chi connectivity index (χ0v) is 9.69. The van der Waals surface area contributed by atoms with Gasteiger partial charge in [-0.15, -0.1) is 0 Å². The quantitative estimate of drug-likeness (QED) is 0.879. The number of aromatic hydroxyl groups is 2. The number of ether oxygens (including phenoxy) is 1. The smallest absolute Gasteiger partial charge is 0.125 e. The summed E-state index contributed by atoms with van der Waals surface area (Å²) in [5.74, 6) is 0.707. The first kappa shape index (κ1) is 11.6. The highest BCUT2D eigenvalue weighted by Gasteiger charge is 2.03. The van der Waals surface area contributed by atoms with Gasteiger partial charge in [-0.3, -0.25) is 0 Å². The maximum Gasteiger partial charge on any atom is 0.125 e. The maximum atomic E-state index is 9.55. The third-order valence-electron chi connectivity index (χ3n) is 2.28. The van der Waals surface area contributed by atoms with Gasteiger partial charge in [0.15, 0.2) is 0 Å². The molecule has 0 aliphatic carbocycles. The molecule has 0 unspecified atom stereocenters.